The molecule has 2 saturated heterocycles. The number of alkyl halides is 3. The molecule has 1 aromatic carbocycles. The summed E-state index contributed by atoms with van der Waals surface area (Å²) in [5.74, 6) is 0.278. The quantitative estimate of drug-likeness (QED) is 0.299. The van der Waals surface area contributed by atoms with Crippen LogP contribution in [-0.4, -0.2) is 79.1 Å². The average molecular weight is 619 g/mol. The second kappa shape index (κ2) is 11.3. The van der Waals surface area contributed by atoms with Crippen molar-refractivity contribution in [3.63, 3.8) is 0 Å². The Morgan fingerprint density at radius 1 is 1.13 bits per heavy atom. The zero-order valence-corrected chi connectivity index (χ0v) is 24.6. The van der Waals surface area contributed by atoms with Crippen molar-refractivity contribution >= 4 is 28.6 Å². The number of amides is 1. The minimum atomic E-state index is -4.73. The van der Waals surface area contributed by atoms with Crippen molar-refractivity contribution in [2.45, 2.75) is 38.5 Å². The van der Waals surface area contributed by atoms with Gasteiger partial charge in [-0.1, -0.05) is 18.7 Å². The Bertz CT molecular complexity index is 1900. The van der Waals surface area contributed by atoms with Gasteiger partial charge in [0, 0.05) is 38.9 Å². The van der Waals surface area contributed by atoms with Crippen LogP contribution < -0.4 is 15.4 Å². The van der Waals surface area contributed by atoms with Crippen molar-refractivity contribution in [2.75, 3.05) is 42.5 Å². The molecule has 1 atom stereocenters. The number of aryl methyl sites for hydroxylation is 2. The van der Waals surface area contributed by atoms with Gasteiger partial charge in [-0.3, -0.25) is 14.3 Å². The number of nitriles is 1. The van der Waals surface area contributed by atoms with E-state index in [4.69, 9.17) is 4.98 Å². The van der Waals surface area contributed by atoms with Crippen LogP contribution in [0.2, 0.25) is 0 Å². The lowest BCUT2D eigenvalue weighted by Gasteiger charge is -2.42. The zero-order chi connectivity index (χ0) is 32.0. The lowest BCUT2D eigenvalue weighted by Crippen LogP contribution is -2.55. The first kappa shape index (κ1) is 29.8. The first-order chi connectivity index (χ1) is 21.5. The summed E-state index contributed by atoms with van der Waals surface area (Å²) in [4.78, 5) is 41.1. The molecule has 0 bridgehead atoms. The van der Waals surface area contributed by atoms with E-state index in [1.165, 1.54) is 37.4 Å². The van der Waals surface area contributed by atoms with Crippen LogP contribution in [0.15, 0.2) is 54.1 Å². The Kier molecular flexibility index (Phi) is 7.51. The smallest absolute Gasteiger partial charge is 0.352 e. The number of piperazine rings is 1. The Hall–Kier alpha value is -5.26. The van der Waals surface area contributed by atoms with Gasteiger partial charge in [0.2, 0.25) is 11.9 Å². The molecule has 12 nitrogen and oxygen atoms in total. The van der Waals surface area contributed by atoms with Crippen LogP contribution in [0.5, 0.6) is 0 Å². The number of anilines is 2. The monoisotopic (exact) mass is 618 g/mol. The molecule has 0 saturated carbocycles. The molecule has 1 amide bonds. The lowest BCUT2D eigenvalue weighted by atomic mass is 10.1. The average Bonchev–Trinajstić information content (AvgIpc) is 3.40. The molecule has 0 N–H and O–H groups in total. The van der Waals surface area contributed by atoms with Gasteiger partial charge in [-0.2, -0.15) is 38.3 Å². The molecule has 15 heteroatoms. The van der Waals surface area contributed by atoms with Gasteiger partial charge in [-0.25, -0.2) is 4.98 Å². The van der Waals surface area contributed by atoms with Crippen molar-refractivity contribution < 1.29 is 18.0 Å². The van der Waals surface area contributed by atoms with Crippen LogP contribution in [0.25, 0.3) is 16.6 Å². The molecule has 4 aromatic rings. The number of hydrogen-bond donors (Lipinski definition) is 0. The summed E-state index contributed by atoms with van der Waals surface area (Å²) in [6, 6.07) is 7.55. The van der Waals surface area contributed by atoms with E-state index >= 15 is 0 Å². The summed E-state index contributed by atoms with van der Waals surface area (Å²) in [7, 11) is 0. The highest BCUT2D eigenvalue weighted by Crippen LogP contribution is 2.36. The van der Waals surface area contributed by atoms with Gasteiger partial charge < -0.3 is 14.7 Å². The Morgan fingerprint density at radius 3 is 2.58 bits per heavy atom. The minimum Gasteiger partial charge on any atom is -0.352 e. The molecular weight excluding hydrogens is 589 g/mol. The van der Waals surface area contributed by atoms with E-state index in [1.807, 2.05) is 33.7 Å². The van der Waals surface area contributed by atoms with Crippen LogP contribution >= 0.6 is 0 Å². The van der Waals surface area contributed by atoms with Crippen LogP contribution in [-0.2, 0) is 11.0 Å². The molecule has 2 aliphatic rings. The number of halogens is 3. The molecule has 0 aliphatic carbocycles. The van der Waals surface area contributed by atoms with E-state index in [0.717, 1.165) is 10.4 Å². The third kappa shape index (κ3) is 5.36. The van der Waals surface area contributed by atoms with Crippen LogP contribution in [0.3, 0.4) is 0 Å². The lowest BCUT2D eigenvalue weighted by molar-refractivity contribution is -0.138. The number of hydrogen-bond acceptors (Lipinski definition) is 9. The summed E-state index contributed by atoms with van der Waals surface area (Å²) >= 11 is 0. The highest BCUT2D eigenvalue weighted by molar-refractivity contribution is 5.90. The van der Waals surface area contributed by atoms with Crippen molar-refractivity contribution in [2.24, 2.45) is 0 Å². The van der Waals surface area contributed by atoms with E-state index in [1.54, 1.807) is 4.90 Å². The number of aromatic nitrogens is 6. The van der Waals surface area contributed by atoms with Gasteiger partial charge in [0.15, 0.2) is 0 Å². The largest absolute Gasteiger partial charge is 0.418 e. The van der Waals surface area contributed by atoms with Crippen LogP contribution in [0, 0.1) is 25.2 Å². The third-order valence-electron chi connectivity index (χ3n) is 8.20. The van der Waals surface area contributed by atoms with Crippen molar-refractivity contribution in [3.8, 4) is 11.8 Å². The maximum absolute atomic E-state index is 14.1. The van der Waals surface area contributed by atoms with Gasteiger partial charge in [0.1, 0.15) is 11.3 Å². The SMILES string of the molecule is C=CC(=O)N1CCN(c2nc(N3CC(n4ccc(C)n4)C3)nc3c(=O)n(-c4cccc(C)c4C(F)(F)F)ncc23)C[C@@H]1CC#N. The molecule has 0 radical (unpaired) electrons. The number of nitrogens with zero attached hydrogens (tertiary/aromatic N) is 10. The molecule has 5 heterocycles. The molecule has 6 rings (SSSR count). The number of carbonyl (C=O) groups excluding carboxylic acids is 1. The second-order valence-electron chi connectivity index (χ2n) is 11.1. The van der Waals surface area contributed by atoms with Gasteiger partial charge in [0.05, 0.1) is 53.1 Å². The normalized spacial score (nSPS) is 17.3. The van der Waals surface area contributed by atoms with Crippen LogP contribution in [0.1, 0.15) is 29.3 Å². The molecule has 3 aromatic heterocycles. The predicted octanol–water partition coefficient (Wildman–Crippen LogP) is 3.19. The summed E-state index contributed by atoms with van der Waals surface area (Å²) in [5.41, 5.74) is -1.47. The fourth-order valence-corrected chi connectivity index (χ4v) is 5.91. The highest BCUT2D eigenvalue weighted by Gasteiger charge is 2.38. The maximum atomic E-state index is 14.1. The number of carbonyl (C=O) groups is 1. The molecular formula is C30H29F3N10O2. The van der Waals surface area contributed by atoms with E-state index < -0.39 is 29.0 Å². The maximum Gasteiger partial charge on any atom is 0.418 e. The fourth-order valence-electron chi connectivity index (χ4n) is 5.91. The summed E-state index contributed by atoms with van der Waals surface area (Å²) < 4.78 is 44.9. The standard InChI is InChI=1S/C30H29F3N10O2/c1-4-24(44)41-13-12-39(15-20(41)8-10-34)27-22-14-35-43(23-7-5-6-18(2)25(23)30(31,32)33)28(45)26(22)36-29(37-27)40-16-21(17-40)42-11-9-19(3)38-42/h4-7,9,11,14,20-21H,1,8,12-13,15-17H2,2-3H3/t20-/m0/s1. The van der Waals surface area contributed by atoms with E-state index in [2.05, 4.69) is 27.8 Å². The summed E-state index contributed by atoms with van der Waals surface area (Å²) in [6.45, 7) is 8.60. The molecule has 232 valence electrons. The Labute approximate surface area is 255 Å². The van der Waals surface area contributed by atoms with Gasteiger partial charge in [-0.15, -0.1) is 0 Å². The number of benzene rings is 1. The van der Waals surface area contributed by atoms with E-state index in [-0.39, 0.29) is 53.9 Å². The van der Waals surface area contributed by atoms with E-state index in [9.17, 15) is 28.0 Å². The Balaban J connectivity index is 1.47. The van der Waals surface area contributed by atoms with Crippen molar-refractivity contribution in [3.05, 3.63) is 76.5 Å². The first-order valence-electron chi connectivity index (χ1n) is 14.3. The second-order valence-corrected chi connectivity index (χ2v) is 11.1. The van der Waals surface area contributed by atoms with Crippen LogP contribution in [0.4, 0.5) is 24.9 Å². The predicted molar refractivity (Wildman–Crippen MR) is 159 cm³/mol. The summed E-state index contributed by atoms with van der Waals surface area (Å²) in [5, 5.41) is 18.4. The number of rotatable bonds is 6. The Morgan fingerprint density at radius 2 is 1.91 bits per heavy atom. The molecule has 0 unspecified atom stereocenters. The highest BCUT2D eigenvalue weighted by atomic mass is 19.4. The minimum absolute atomic E-state index is 0.0469. The van der Waals surface area contributed by atoms with Gasteiger partial charge in [0.25, 0.3) is 5.56 Å². The van der Waals surface area contributed by atoms with Gasteiger partial charge in [-0.05, 0) is 37.6 Å². The van der Waals surface area contributed by atoms with Crippen molar-refractivity contribution in [1.29, 1.82) is 5.26 Å². The third-order valence-corrected chi connectivity index (χ3v) is 8.20. The topological polar surface area (TPSA) is 129 Å². The molecule has 2 aliphatic heterocycles. The first-order valence-corrected chi connectivity index (χ1v) is 14.3. The summed E-state index contributed by atoms with van der Waals surface area (Å²) in [6.07, 6.45) is -0.291. The van der Waals surface area contributed by atoms with E-state index in [0.29, 0.717) is 25.5 Å². The van der Waals surface area contributed by atoms with Gasteiger partial charge >= 0.3 is 6.18 Å². The molecule has 2 fully saturated rings. The molecule has 45 heavy (non-hydrogen) atoms. The number of fused-ring (bicyclic) bond motifs is 1. The molecule has 0 spiro atoms. The van der Waals surface area contributed by atoms with Crippen molar-refractivity contribution in [1.82, 2.24) is 34.4 Å². The fraction of sp³-hybridized carbons (Fsp3) is 0.367. The zero-order valence-electron chi connectivity index (χ0n) is 24.6.